The number of thiazole rings is 1. The molecule has 1 N–H and O–H groups in total. The van der Waals surface area contributed by atoms with Crippen LogP contribution in [0.3, 0.4) is 0 Å². The minimum Gasteiger partial charge on any atom is -0.348 e. The van der Waals surface area contributed by atoms with Gasteiger partial charge >= 0.3 is 0 Å². The van der Waals surface area contributed by atoms with Crippen molar-refractivity contribution in [3.05, 3.63) is 11.1 Å². The number of anilines is 1. The molecule has 0 aliphatic carbocycles. The second kappa shape index (κ2) is 6.41. The molecular formula is C15H28N4S. The normalized spacial score (nSPS) is 18.4. The second-order valence-electron chi connectivity index (χ2n) is 6.87. The van der Waals surface area contributed by atoms with E-state index in [-0.39, 0.29) is 5.54 Å². The molecule has 20 heavy (non-hydrogen) atoms. The molecule has 2 rings (SSSR count). The third kappa shape index (κ3) is 4.43. The molecule has 0 aromatic carbocycles. The van der Waals surface area contributed by atoms with Gasteiger partial charge in [0.25, 0.3) is 0 Å². The van der Waals surface area contributed by atoms with Gasteiger partial charge in [0.2, 0.25) is 0 Å². The SMILES string of the molecule is CN1CCC(N(C)c2nc(CNC(C)(C)C)cs2)CC1. The van der Waals surface area contributed by atoms with Crippen LogP contribution in [0.25, 0.3) is 0 Å². The smallest absolute Gasteiger partial charge is 0.185 e. The predicted octanol–water partition coefficient (Wildman–Crippen LogP) is 2.56. The standard InChI is InChI=1S/C15H28N4S/c1-15(2,3)16-10-12-11-20-14(17-12)19(5)13-6-8-18(4)9-7-13/h11,13,16H,6-10H2,1-5H3. The molecule has 0 spiro atoms. The molecule has 0 bridgehead atoms. The Kier molecular flexibility index (Phi) is 5.04. The highest BCUT2D eigenvalue weighted by Gasteiger charge is 2.22. The fraction of sp³-hybridized carbons (Fsp3) is 0.800. The maximum Gasteiger partial charge on any atom is 0.185 e. The van der Waals surface area contributed by atoms with Gasteiger partial charge in [-0.05, 0) is 53.8 Å². The van der Waals surface area contributed by atoms with Crippen LogP contribution >= 0.6 is 11.3 Å². The Morgan fingerprint density at radius 1 is 1.40 bits per heavy atom. The summed E-state index contributed by atoms with van der Waals surface area (Å²) in [6.07, 6.45) is 2.48. The number of nitrogens with one attached hydrogen (secondary N) is 1. The van der Waals surface area contributed by atoms with E-state index >= 15 is 0 Å². The van der Waals surface area contributed by atoms with Gasteiger partial charge in [0.05, 0.1) is 5.69 Å². The van der Waals surface area contributed by atoms with Crippen molar-refractivity contribution in [2.45, 2.75) is 51.7 Å². The van der Waals surface area contributed by atoms with Crippen LogP contribution in [0.5, 0.6) is 0 Å². The molecule has 5 heteroatoms. The van der Waals surface area contributed by atoms with Crippen LogP contribution in [0.1, 0.15) is 39.3 Å². The third-order valence-electron chi connectivity index (χ3n) is 3.88. The fourth-order valence-corrected chi connectivity index (χ4v) is 3.30. The van der Waals surface area contributed by atoms with Crippen molar-refractivity contribution in [1.82, 2.24) is 15.2 Å². The first-order chi connectivity index (χ1) is 9.35. The number of piperidine rings is 1. The molecule has 114 valence electrons. The summed E-state index contributed by atoms with van der Waals surface area (Å²) in [5.41, 5.74) is 1.29. The highest BCUT2D eigenvalue weighted by atomic mass is 32.1. The van der Waals surface area contributed by atoms with E-state index < -0.39 is 0 Å². The summed E-state index contributed by atoms with van der Waals surface area (Å²) in [6.45, 7) is 9.79. The van der Waals surface area contributed by atoms with Gasteiger partial charge in [-0.2, -0.15) is 0 Å². The number of likely N-dealkylation sites (tertiary alicyclic amines) is 1. The molecule has 1 saturated heterocycles. The zero-order valence-electron chi connectivity index (χ0n) is 13.4. The van der Waals surface area contributed by atoms with E-state index in [4.69, 9.17) is 4.98 Å². The van der Waals surface area contributed by atoms with Crippen LogP contribution in [0.15, 0.2) is 5.38 Å². The van der Waals surface area contributed by atoms with Gasteiger partial charge in [-0.1, -0.05) is 0 Å². The third-order valence-corrected chi connectivity index (χ3v) is 4.86. The Morgan fingerprint density at radius 3 is 2.65 bits per heavy atom. The number of rotatable bonds is 4. The van der Waals surface area contributed by atoms with Gasteiger partial charge in [-0.15, -0.1) is 11.3 Å². The lowest BCUT2D eigenvalue weighted by atomic mass is 10.0. The summed E-state index contributed by atoms with van der Waals surface area (Å²) in [6, 6.07) is 0.640. The van der Waals surface area contributed by atoms with Crippen LogP contribution in [0, 0.1) is 0 Å². The topological polar surface area (TPSA) is 31.4 Å². The van der Waals surface area contributed by atoms with Gasteiger partial charge in [0.1, 0.15) is 0 Å². The lowest BCUT2D eigenvalue weighted by Gasteiger charge is -2.34. The van der Waals surface area contributed by atoms with Crippen LogP contribution in [0.4, 0.5) is 5.13 Å². The predicted molar refractivity (Wildman–Crippen MR) is 87.6 cm³/mol. The van der Waals surface area contributed by atoms with Gasteiger partial charge in [0.15, 0.2) is 5.13 Å². The molecule has 0 atom stereocenters. The summed E-state index contributed by atoms with van der Waals surface area (Å²) < 4.78 is 0. The minimum absolute atomic E-state index is 0.142. The first-order valence-electron chi connectivity index (χ1n) is 7.46. The molecule has 0 unspecified atom stereocenters. The van der Waals surface area contributed by atoms with Crippen molar-refractivity contribution in [1.29, 1.82) is 0 Å². The van der Waals surface area contributed by atoms with E-state index in [2.05, 4.69) is 55.4 Å². The average Bonchev–Trinajstić information content (AvgIpc) is 2.84. The van der Waals surface area contributed by atoms with E-state index in [0.29, 0.717) is 6.04 Å². The maximum absolute atomic E-state index is 4.78. The lowest BCUT2D eigenvalue weighted by Crippen LogP contribution is -2.42. The molecule has 1 fully saturated rings. The summed E-state index contributed by atoms with van der Waals surface area (Å²) in [7, 11) is 4.39. The summed E-state index contributed by atoms with van der Waals surface area (Å²) >= 11 is 1.76. The van der Waals surface area contributed by atoms with Crippen molar-refractivity contribution in [3.63, 3.8) is 0 Å². The second-order valence-corrected chi connectivity index (χ2v) is 7.71. The van der Waals surface area contributed by atoms with Crippen molar-refractivity contribution in [2.24, 2.45) is 0 Å². The molecule has 1 aromatic heterocycles. The monoisotopic (exact) mass is 296 g/mol. The lowest BCUT2D eigenvalue weighted by molar-refractivity contribution is 0.253. The molecule has 4 nitrogen and oxygen atoms in total. The van der Waals surface area contributed by atoms with Crippen LogP contribution in [-0.2, 0) is 6.54 Å². The van der Waals surface area contributed by atoms with Crippen LogP contribution in [0.2, 0.25) is 0 Å². The van der Waals surface area contributed by atoms with Gasteiger partial charge < -0.3 is 15.1 Å². The average molecular weight is 296 g/mol. The number of aromatic nitrogens is 1. The maximum atomic E-state index is 4.78. The van der Waals surface area contributed by atoms with E-state index in [1.165, 1.54) is 25.9 Å². The Balaban J connectivity index is 1.91. The Labute approximate surface area is 127 Å². The Hall–Kier alpha value is -0.650. The molecular weight excluding hydrogens is 268 g/mol. The molecule has 2 heterocycles. The Morgan fingerprint density at radius 2 is 2.05 bits per heavy atom. The quantitative estimate of drug-likeness (QED) is 0.925. The van der Waals surface area contributed by atoms with Crippen LogP contribution in [-0.4, -0.2) is 48.6 Å². The van der Waals surface area contributed by atoms with Crippen molar-refractivity contribution >= 4 is 16.5 Å². The number of hydrogen-bond donors (Lipinski definition) is 1. The molecule has 0 amide bonds. The molecule has 1 aliphatic heterocycles. The summed E-state index contributed by atoms with van der Waals surface area (Å²) in [4.78, 5) is 9.56. The van der Waals surface area contributed by atoms with Gasteiger partial charge in [0, 0.05) is 30.6 Å². The highest BCUT2D eigenvalue weighted by molar-refractivity contribution is 7.13. The largest absolute Gasteiger partial charge is 0.348 e. The minimum atomic E-state index is 0.142. The zero-order chi connectivity index (χ0) is 14.8. The summed E-state index contributed by atoms with van der Waals surface area (Å²) in [5.74, 6) is 0. The summed E-state index contributed by atoms with van der Waals surface area (Å²) in [5, 5.41) is 6.83. The van der Waals surface area contributed by atoms with Crippen LogP contribution < -0.4 is 10.2 Å². The first kappa shape index (κ1) is 15.7. The van der Waals surface area contributed by atoms with E-state index in [9.17, 15) is 0 Å². The van der Waals surface area contributed by atoms with E-state index in [0.717, 1.165) is 17.4 Å². The van der Waals surface area contributed by atoms with Crippen molar-refractivity contribution in [2.75, 3.05) is 32.1 Å². The fourth-order valence-electron chi connectivity index (χ4n) is 2.43. The molecule has 0 saturated carbocycles. The van der Waals surface area contributed by atoms with Crippen molar-refractivity contribution < 1.29 is 0 Å². The highest BCUT2D eigenvalue weighted by Crippen LogP contribution is 2.25. The zero-order valence-corrected chi connectivity index (χ0v) is 14.3. The molecule has 1 aliphatic rings. The first-order valence-corrected chi connectivity index (χ1v) is 8.34. The van der Waals surface area contributed by atoms with Gasteiger partial charge in [-0.3, -0.25) is 0 Å². The molecule has 0 radical (unpaired) electrons. The van der Waals surface area contributed by atoms with Gasteiger partial charge in [-0.25, -0.2) is 4.98 Å². The van der Waals surface area contributed by atoms with Crippen molar-refractivity contribution in [3.8, 4) is 0 Å². The molecule has 1 aromatic rings. The van der Waals surface area contributed by atoms with E-state index in [1.807, 2.05) is 0 Å². The number of nitrogens with zero attached hydrogens (tertiary/aromatic N) is 3. The number of hydrogen-bond acceptors (Lipinski definition) is 5. The van der Waals surface area contributed by atoms with E-state index in [1.54, 1.807) is 11.3 Å². The Bertz CT molecular complexity index is 416.